The Hall–Kier alpha value is -0.580. The number of hydrogen-bond acceptors (Lipinski definition) is 4. The van der Waals surface area contributed by atoms with Crippen LogP contribution in [0.25, 0.3) is 0 Å². The minimum absolute atomic E-state index is 0. The molecule has 5 heteroatoms. The van der Waals surface area contributed by atoms with E-state index in [1.165, 1.54) is 17.7 Å². The summed E-state index contributed by atoms with van der Waals surface area (Å²) in [5.74, 6) is 2.95. The lowest BCUT2D eigenvalue weighted by atomic mass is 10.1. The summed E-state index contributed by atoms with van der Waals surface area (Å²) < 4.78 is 10.7. The van der Waals surface area contributed by atoms with Crippen molar-refractivity contribution in [3.8, 4) is 11.5 Å². The fourth-order valence-electron chi connectivity index (χ4n) is 2.09. The Labute approximate surface area is 112 Å². The Morgan fingerprint density at radius 1 is 1.18 bits per heavy atom. The molecule has 2 aliphatic rings. The summed E-state index contributed by atoms with van der Waals surface area (Å²) in [6.45, 7) is 2.58. The maximum absolute atomic E-state index is 5.41. The number of ether oxygens (including phenoxy) is 2. The fraction of sp³-hybridized carbons (Fsp3) is 0.500. The highest BCUT2D eigenvalue weighted by Crippen LogP contribution is 2.39. The van der Waals surface area contributed by atoms with Gasteiger partial charge in [0.2, 0.25) is 6.79 Å². The Bertz CT molecular complexity index is 381. The molecule has 94 valence electrons. The van der Waals surface area contributed by atoms with Crippen molar-refractivity contribution < 1.29 is 9.47 Å². The highest BCUT2D eigenvalue weighted by molar-refractivity contribution is 7.99. The van der Waals surface area contributed by atoms with Gasteiger partial charge in [-0.25, -0.2) is 0 Å². The van der Waals surface area contributed by atoms with Crippen molar-refractivity contribution in [2.24, 2.45) is 0 Å². The second kappa shape index (κ2) is 5.85. The maximum Gasteiger partial charge on any atom is 0.231 e. The summed E-state index contributed by atoms with van der Waals surface area (Å²) >= 11 is 2.02. The van der Waals surface area contributed by atoms with Crippen molar-refractivity contribution in [2.75, 3.05) is 25.6 Å². The van der Waals surface area contributed by atoms with E-state index in [9.17, 15) is 0 Å². The van der Waals surface area contributed by atoms with Gasteiger partial charge in [-0.1, -0.05) is 6.07 Å². The van der Waals surface area contributed by atoms with Crippen LogP contribution in [-0.4, -0.2) is 25.6 Å². The number of hydrogen-bond donors (Lipinski definition) is 1. The highest BCUT2D eigenvalue weighted by Gasteiger charge is 2.19. The largest absolute Gasteiger partial charge is 0.454 e. The average Bonchev–Trinajstić information content (AvgIpc) is 2.61. The molecule has 0 amide bonds. The third-order valence-electron chi connectivity index (χ3n) is 2.95. The molecule has 0 bridgehead atoms. The van der Waals surface area contributed by atoms with Crippen LogP contribution in [0.4, 0.5) is 0 Å². The molecule has 0 spiro atoms. The van der Waals surface area contributed by atoms with Crippen molar-refractivity contribution in [3.63, 3.8) is 0 Å². The lowest BCUT2D eigenvalue weighted by molar-refractivity contribution is 0.174. The van der Waals surface area contributed by atoms with Crippen LogP contribution in [0.2, 0.25) is 0 Å². The third kappa shape index (κ3) is 2.81. The van der Waals surface area contributed by atoms with Gasteiger partial charge in [0.05, 0.1) is 0 Å². The molecular weight excluding hydrogens is 258 g/mol. The van der Waals surface area contributed by atoms with Crippen LogP contribution in [0.1, 0.15) is 17.2 Å². The Morgan fingerprint density at radius 3 is 3.00 bits per heavy atom. The number of halogens is 1. The first-order valence-electron chi connectivity index (χ1n) is 5.65. The predicted octanol–water partition coefficient (Wildman–Crippen LogP) is 2.60. The van der Waals surface area contributed by atoms with E-state index in [4.69, 9.17) is 9.47 Å². The molecule has 1 unspecified atom stereocenters. The topological polar surface area (TPSA) is 30.5 Å². The summed E-state index contributed by atoms with van der Waals surface area (Å²) in [4.78, 5) is 0. The van der Waals surface area contributed by atoms with E-state index in [0.717, 1.165) is 24.6 Å². The minimum Gasteiger partial charge on any atom is -0.454 e. The lowest BCUT2D eigenvalue weighted by Gasteiger charge is -2.13. The fourth-order valence-corrected chi connectivity index (χ4v) is 3.26. The van der Waals surface area contributed by atoms with Crippen LogP contribution >= 0.6 is 24.2 Å². The molecule has 3 rings (SSSR count). The summed E-state index contributed by atoms with van der Waals surface area (Å²) in [5, 5.41) is 4.01. The zero-order chi connectivity index (χ0) is 10.8. The molecule has 3 nitrogen and oxygen atoms in total. The monoisotopic (exact) mass is 273 g/mol. The van der Waals surface area contributed by atoms with Gasteiger partial charge in [-0.05, 0) is 30.7 Å². The molecule has 0 radical (unpaired) electrons. The zero-order valence-electron chi connectivity index (χ0n) is 9.48. The summed E-state index contributed by atoms with van der Waals surface area (Å²) in [6.07, 6.45) is 1.18. The van der Waals surface area contributed by atoms with E-state index in [2.05, 4.69) is 17.4 Å². The van der Waals surface area contributed by atoms with E-state index >= 15 is 0 Å². The summed E-state index contributed by atoms with van der Waals surface area (Å²) in [5.41, 5.74) is 1.36. The molecule has 1 saturated heterocycles. The van der Waals surface area contributed by atoms with Crippen LogP contribution in [0.5, 0.6) is 11.5 Å². The number of benzene rings is 1. The zero-order valence-corrected chi connectivity index (χ0v) is 11.1. The van der Waals surface area contributed by atoms with Crippen LogP contribution in [-0.2, 0) is 0 Å². The molecule has 2 aliphatic heterocycles. The van der Waals surface area contributed by atoms with E-state index < -0.39 is 0 Å². The van der Waals surface area contributed by atoms with Gasteiger partial charge in [-0.2, -0.15) is 11.8 Å². The molecule has 1 aromatic carbocycles. The first kappa shape index (κ1) is 12.9. The van der Waals surface area contributed by atoms with Crippen molar-refractivity contribution in [1.82, 2.24) is 5.32 Å². The quantitative estimate of drug-likeness (QED) is 0.852. The van der Waals surface area contributed by atoms with Gasteiger partial charge in [-0.3, -0.25) is 0 Å². The number of nitrogens with one attached hydrogen (secondary N) is 1. The molecule has 0 aliphatic carbocycles. The van der Waals surface area contributed by atoms with E-state index in [0.29, 0.717) is 12.0 Å². The standard InChI is InChI=1S/C12H15NO2S.ClH/c1-2-10-11(15-8-14-10)7-9(1)12-3-4-13-5-6-16-12;/h1-2,7,12-13H,3-6,8H2;1H. The predicted molar refractivity (Wildman–Crippen MR) is 72.5 cm³/mol. The number of rotatable bonds is 1. The maximum atomic E-state index is 5.41. The van der Waals surface area contributed by atoms with Crippen molar-refractivity contribution >= 4 is 24.2 Å². The van der Waals surface area contributed by atoms with Gasteiger partial charge in [0.15, 0.2) is 11.5 Å². The normalized spacial score (nSPS) is 22.7. The van der Waals surface area contributed by atoms with Crippen LogP contribution in [0, 0.1) is 0 Å². The SMILES string of the molecule is Cl.c1cc2c(cc1C1CCNCCS1)OCO2. The van der Waals surface area contributed by atoms with Crippen LogP contribution < -0.4 is 14.8 Å². The number of fused-ring (bicyclic) bond motifs is 1. The third-order valence-corrected chi connectivity index (χ3v) is 4.30. The van der Waals surface area contributed by atoms with Crippen LogP contribution in [0.15, 0.2) is 18.2 Å². The molecule has 17 heavy (non-hydrogen) atoms. The number of thioether (sulfide) groups is 1. The van der Waals surface area contributed by atoms with Crippen molar-refractivity contribution in [2.45, 2.75) is 11.7 Å². The molecular formula is C12H16ClNO2S. The second-order valence-electron chi connectivity index (χ2n) is 4.01. The van der Waals surface area contributed by atoms with Crippen LogP contribution in [0.3, 0.4) is 0 Å². The molecule has 1 aromatic rings. The van der Waals surface area contributed by atoms with Crippen molar-refractivity contribution in [3.05, 3.63) is 23.8 Å². The van der Waals surface area contributed by atoms with E-state index in [1.54, 1.807) is 0 Å². The Morgan fingerprint density at radius 2 is 2.06 bits per heavy atom. The van der Waals surface area contributed by atoms with Crippen molar-refractivity contribution in [1.29, 1.82) is 0 Å². The molecule has 2 heterocycles. The van der Waals surface area contributed by atoms with E-state index in [-0.39, 0.29) is 12.4 Å². The minimum atomic E-state index is 0. The molecule has 1 fully saturated rings. The summed E-state index contributed by atoms with van der Waals surface area (Å²) in [6, 6.07) is 6.32. The molecule has 1 atom stereocenters. The van der Waals surface area contributed by atoms with Gasteiger partial charge >= 0.3 is 0 Å². The second-order valence-corrected chi connectivity index (χ2v) is 5.32. The lowest BCUT2D eigenvalue weighted by Crippen LogP contribution is -2.15. The van der Waals surface area contributed by atoms with Gasteiger partial charge in [0, 0.05) is 17.5 Å². The first-order valence-corrected chi connectivity index (χ1v) is 6.70. The molecule has 0 aromatic heterocycles. The average molecular weight is 274 g/mol. The van der Waals surface area contributed by atoms with Gasteiger partial charge in [-0.15, -0.1) is 12.4 Å². The van der Waals surface area contributed by atoms with E-state index in [1.807, 2.05) is 17.8 Å². The smallest absolute Gasteiger partial charge is 0.231 e. The molecule has 1 N–H and O–H groups in total. The van der Waals surface area contributed by atoms with Gasteiger partial charge < -0.3 is 14.8 Å². The Balaban J connectivity index is 0.00000108. The highest BCUT2D eigenvalue weighted by atomic mass is 35.5. The Kier molecular flexibility index (Phi) is 4.42. The first-order chi connectivity index (χ1) is 7.93. The van der Waals surface area contributed by atoms with Gasteiger partial charge in [0.25, 0.3) is 0 Å². The van der Waals surface area contributed by atoms with Gasteiger partial charge in [0.1, 0.15) is 0 Å². The summed E-state index contributed by atoms with van der Waals surface area (Å²) in [7, 11) is 0. The molecule has 0 saturated carbocycles.